The lowest BCUT2D eigenvalue weighted by Gasteiger charge is -2.11. The summed E-state index contributed by atoms with van der Waals surface area (Å²) in [6.45, 7) is 1.39. The third-order valence-corrected chi connectivity index (χ3v) is 7.40. The number of rotatable bonds is 8. The third-order valence-electron chi connectivity index (χ3n) is 6.71. The van der Waals surface area contributed by atoms with Crippen molar-refractivity contribution in [2.24, 2.45) is 5.10 Å². The number of carbonyl (C=O) groups excluding carboxylic acids is 1. The molecule has 0 saturated heterocycles. The number of para-hydroxylation sites is 1. The fourth-order valence-corrected chi connectivity index (χ4v) is 5.24. The number of benzene rings is 4. The predicted molar refractivity (Wildman–Crippen MR) is 175 cm³/mol. The molecule has 13 heteroatoms. The first-order valence-corrected chi connectivity index (χ1v) is 14.6. The Hall–Kier alpha value is -5.33. The Bertz CT molecular complexity index is 2210. The maximum Gasteiger partial charge on any atom is 0.312 e. The number of anilines is 1. The Kier molecular flexibility index (Phi) is 8.16. The highest BCUT2D eigenvalue weighted by Gasteiger charge is 2.22. The van der Waals surface area contributed by atoms with Gasteiger partial charge in [0.1, 0.15) is 5.58 Å². The van der Waals surface area contributed by atoms with E-state index in [-0.39, 0.29) is 22.9 Å². The van der Waals surface area contributed by atoms with Gasteiger partial charge in [0.2, 0.25) is 11.6 Å². The molecule has 2 aromatic heterocycles. The number of nitro benzene ring substituents is 1. The quantitative estimate of drug-likeness (QED) is 0.100. The highest BCUT2D eigenvalue weighted by atomic mass is 79.9. The summed E-state index contributed by atoms with van der Waals surface area (Å²) in [6.07, 6.45) is 1.23. The normalized spacial score (nSPS) is 11.4. The van der Waals surface area contributed by atoms with Crippen molar-refractivity contribution < 1.29 is 18.9 Å². The lowest BCUT2D eigenvalue weighted by Crippen LogP contribution is -2.21. The molecule has 6 rings (SSSR count). The Balaban J connectivity index is 1.42. The fourth-order valence-electron chi connectivity index (χ4n) is 4.59. The van der Waals surface area contributed by atoms with Gasteiger partial charge in [0.05, 0.1) is 22.0 Å². The van der Waals surface area contributed by atoms with Crippen LogP contribution >= 0.6 is 27.5 Å². The van der Waals surface area contributed by atoms with Crippen LogP contribution in [0.1, 0.15) is 11.1 Å². The van der Waals surface area contributed by atoms with Crippen LogP contribution in [0.3, 0.4) is 0 Å². The van der Waals surface area contributed by atoms with Crippen molar-refractivity contribution >= 4 is 72.9 Å². The van der Waals surface area contributed by atoms with E-state index in [0.29, 0.717) is 37.1 Å². The van der Waals surface area contributed by atoms with Gasteiger partial charge in [-0.15, -0.1) is 0 Å². The zero-order valence-corrected chi connectivity index (χ0v) is 25.7. The molecule has 0 radical (unpaired) electrons. The van der Waals surface area contributed by atoms with Crippen molar-refractivity contribution in [1.29, 1.82) is 0 Å². The van der Waals surface area contributed by atoms with E-state index in [9.17, 15) is 19.7 Å². The summed E-state index contributed by atoms with van der Waals surface area (Å²) in [7, 11) is 0. The van der Waals surface area contributed by atoms with Crippen LogP contribution in [0, 0.1) is 17.0 Å². The van der Waals surface area contributed by atoms with E-state index in [2.05, 4.69) is 31.3 Å². The number of aromatic nitrogens is 2. The summed E-state index contributed by atoms with van der Waals surface area (Å²) in [5.41, 5.74) is 1.72. The number of nitro groups is 1. The lowest BCUT2D eigenvalue weighted by molar-refractivity contribution is -0.385. The van der Waals surface area contributed by atoms with Crippen LogP contribution in [0.4, 0.5) is 11.4 Å². The molecular formula is C32H21BrClN5O6. The van der Waals surface area contributed by atoms with Crippen LogP contribution in [0.15, 0.2) is 104 Å². The maximum absolute atomic E-state index is 13.7. The van der Waals surface area contributed by atoms with Gasteiger partial charge in [-0.2, -0.15) is 9.78 Å². The number of nitrogens with one attached hydrogen (secondary N) is 1. The number of halogens is 2. The van der Waals surface area contributed by atoms with Crippen LogP contribution in [0.5, 0.6) is 5.75 Å². The van der Waals surface area contributed by atoms with E-state index in [1.54, 1.807) is 60.7 Å². The minimum absolute atomic E-state index is 0.0895. The van der Waals surface area contributed by atoms with Crippen molar-refractivity contribution in [2.45, 2.75) is 6.92 Å². The third kappa shape index (κ3) is 6.33. The molecule has 0 atom stereocenters. The standard InChI is InChI=1S/C32H21BrClN5O6/c1-18-6-9-23(10-7-18)36-29(40)17-44-30-20(12-21(33)15-26(30)39(42)43)16-35-38-31(37-25-5-3-2-4-24(25)32(38)41)28-14-19-13-22(34)8-11-27(19)45-28/h2-16H,17H2,1H3,(H,36,40). The molecule has 6 aromatic rings. The average molecular weight is 687 g/mol. The summed E-state index contributed by atoms with van der Waals surface area (Å²) in [4.78, 5) is 42.4. The number of carbonyl (C=O) groups is 1. The number of amides is 1. The van der Waals surface area contributed by atoms with Gasteiger partial charge in [-0.25, -0.2) is 4.98 Å². The number of aryl methyl sites for hydroxylation is 1. The first kappa shape index (κ1) is 29.7. The molecule has 0 saturated carbocycles. The van der Waals surface area contributed by atoms with Gasteiger partial charge < -0.3 is 14.5 Å². The van der Waals surface area contributed by atoms with E-state index >= 15 is 0 Å². The van der Waals surface area contributed by atoms with Gasteiger partial charge in [0, 0.05) is 32.2 Å². The molecule has 0 aliphatic rings. The van der Waals surface area contributed by atoms with Crippen LogP contribution in [0.25, 0.3) is 33.5 Å². The number of fused-ring (bicyclic) bond motifs is 2. The summed E-state index contributed by atoms with van der Waals surface area (Å²) in [6, 6.07) is 23.5. The molecule has 1 amide bonds. The Morgan fingerprint density at radius 2 is 1.91 bits per heavy atom. The second-order valence-electron chi connectivity index (χ2n) is 9.91. The Morgan fingerprint density at radius 1 is 1.13 bits per heavy atom. The number of ether oxygens (including phenoxy) is 1. The van der Waals surface area contributed by atoms with Crippen molar-refractivity contribution in [3.63, 3.8) is 0 Å². The summed E-state index contributed by atoms with van der Waals surface area (Å²) in [5.74, 6) is -0.405. The second kappa shape index (κ2) is 12.3. The molecule has 45 heavy (non-hydrogen) atoms. The molecule has 0 bridgehead atoms. The van der Waals surface area contributed by atoms with Gasteiger partial charge in [-0.05, 0) is 61.5 Å². The van der Waals surface area contributed by atoms with E-state index in [0.717, 1.165) is 10.2 Å². The Labute approximate surface area is 268 Å². The van der Waals surface area contributed by atoms with E-state index in [1.807, 2.05) is 19.1 Å². The molecule has 0 aliphatic heterocycles. The molecule has 0 aliphatic carbocycles. The van der Waals surface area contributed by atoms with Crippen LogP contribution in [-0.2, 0) is 4.79 Å². The van der Waals surface area contributed by atoms with Crippen molar-refractivity contribution in [1.82, 2.24) is 9.66 Å². The average Bonchev–Trinajstić information content (AvgIpc) is 3.44. The highest BCUT2D eigenvalue weighted by Crippen LogP contribution is 2.34. The minimum atomic E-state index is -0.635. The van der Waals surface area contributed by atoms with E-state index in [1.165, 1.54) is 18.3 Å². The van der Waals surface area contributed by atoms with Crippen molar-refractivity contribution in [3.8, 4) is 17.3 Å². The molecule has 2 heterocycles. The summed E-state index contributed by atoms with van der Waals surface area (Å²) < 4.78 is 13.1. The summed E-state index contributed by atoms with van der Waals surface area (Å²) in [5, 5.41) is 20.6. The van der Waals surface area contributed by atoms with Gasteiger partial charge in [0.25, 0.3) is 11.5 Å². The van der Waals surface area contributed by atoms with Crippen molar-refractivity contribution in [2.75, 3.05) is 11.9 Å². The first-order valence-electron chi connectivity index (χ1n) is 13.4. The molecule has 11 nitrogen and oxygen atoms in total. The molecule has 0 fully saturated rings. The zero-order chi connectivity index (χ0) is 31.7. The van der Waals surface area contributed by atoms with Gasteiger partial charge >= 0.3 is 5.69 Å². The minimum Gasteiger partial charge on any atom is -0.476 e. The number of nitrogens with zero attached hydrogens (tertiary/aromatic N) is 4. The van der Waals surface area contributed by atoms with E-state index < -0.39 is 28.7 Å². The van der Waals surface area contributed by atoms with E-state index in [4.69, 9.17) is 20.8 Å². The van der Waals surface area contributed by atoms with Gasteiger partial charge in [0.15, 0.2) is 12.4 Å². The maximum atomic E-state index is 13.7. The molecule has 1 N–H and O–H groups in total. The summed E-state index contributed by atoms with van der Waals surface area (Å²) >= 11 is 9.44. The van der Waals surface area contributed by atoms with Crippen molar-refractivity contribution in [3.05, 3.63) is 126 Å². The Morgan fingerprint density at radius 3 is 2.69 bits per heavy atom. The molecule has 4 aromatic carbocycles. The largest absolute Gasteiger partial charge is 0.476 e. The van der Waals surface area contributed by atoms with Gasteiger partial charge in [-0.3, -0.25) is 19.7 Å². The monoisotopic (exact) mass is 685 g/mol. The molecule has 224 valence electrons. The topological polar surface area (TPSA) is 142 Å². The van der Waals surface area contributed by atoms with Crippen LogP contribution in [-0.4, -0.2) is 33.3 Å². The van der Waals surface area contributed by atoms with Crippen LogP contribution in [0.2, 0.25) is 5.02 Å². The molecular weight excluding hydrogens is 666 g/mol. The lowest BCUT2D eigenvalue weighted by atomic mass is 10.2. The number of furan rings is 1. The second-order valence-corrected chi connectivity index (χ2v) is 11.3. The predicted octanol–water partition coefficient (Wildman–Crippen LogP) is 7.34. The zero-order valence-electron chi connectivity index (χ0n) is 23.4. The molecule has 0 spiro atoms. The number of hydrogen-bond acceptors (Lipinski definition) is 8. The SMILES string of the molecule is Cc1ccc(NC(=O)COc2c(C=Nn3c(-c4cc5cc(Cl)ccc5o4)nc4ccccc4c3=O)cc(Br)cc2[N+](=O)[O-])cc1. The first-order chi connectivity index (χ1) is 21.7. The van der Waals surface area contributed by atoms with Gasteiger partial charge in [-0.1, -0.05) is 57.4 Å². The smallest absolute Gasteiger partial charge is 0.312 e. The van der Waals surface area contributed by atoms with Crippen LogP contribution < -0.4 is 15.6 Å². The molecule has 0 unspecified atom stereocenters. The highest BCUT2D eigenvalue weighted by molar-refractivity contribution is 9.10. The fraction of sp³-hybridized carbons (Fsp3) is 0.0625. The number of hydrogen-bond donors (Lipinski definition) is 1.